The summed E-state index contributed by atoms with van der Waals surface area (Å²) in [6.07, 6.45) is 1.37. The first-order valence-electron chi connectivity index (χ1n) is 6.09. The van der Waals surface area contributed by atoms with Crippen molar-refractivity contribution in [2.24, 2.45) is 0 Å². The summed E-state index contributed by atoms with van der Waals surface area (Å²) < 4.78 is 5.52. The van der Waals surface area contributed by atoms with Crippen LogP contribution >= 0.6 is 11.6 Å². The molecule has 102 valence electrons. The highest BCUT2D eigenvalue weighted by atomic mass is 35.5. The molecule has 0 aliphatic carbocycles. The molecule has 1 atom stereocenters. The van der Waals surface area contributed by atoms with Crippen LogP contribution < -0.4 is 15.8 Å². The lowest BCUT2D eigenvalue weighted by Crippen LogP contribution is -2.30. The number of rotatable bonds is 2. The van der Waals surface area contributed by atoms with Crippen LogP contribution in [0.5, 0.6) is 5.75 Å². The highest BCUT2D eigenvalue weighted by Crippen LogP contribution is 2.32. The number of carbonyl (C=O) groups excluding carboxylic acids is 1. The highest BCUT2D eigenvalue weighted by molar-refractivity contribution is 6.29. The molecule has 1 amide bonds. The number of carbonyl (C=O) groups is 1. The zero-order valence-corrected chi connectivity index (χ0v) is 11.2. The summed E-state index contributed by atoms with van der Waals surface area (Å²) in [6, 6.07) is 8.86. The van der Waals surface area contributed by atoms with Crippen LogP contribution in [-0.2, 0) is 0 Å². The third-order valence-corrected chi connectivity index (χ3v) is 3.36. The molecule has 1 aromatic carbocycles. The maximum Gasteiger partial charge on any atom is 0.254 e. The van der Waals surface area contributed by atoms with Crippen molar-refractivity contribution < 1.29 is 9.53 Å². The number of fused-ring (bicyclic) bond motifs is 1. The predicted molar refractivity (Wildman–Crippen MR) is 75.8 cm³/mol. The standard InChI is InChI=1S/C14H12ClN3O2/c15-13-5-9(10(16)6-17-13)14(19)18-11-7-20-12-4-2-1-3-8(11)12/h1-6,11H,7,16H2,(H,18,19). The third-order valence-electron chi connectivity index (χ3n) is 3.15. The molecule has 2 aromatic rings. The molecule has 0 saturated heterocycles. The average molecular weight is 290 g/mol. The molecule has 1 aliphatic heterocycles. The van der Waals surface area contributed by atoms with Crippen LogP contribution in [0.1, 0.15) is 22.0 Å². The van der Waals surface area contributed by atoms with Crippen LogP contribution in [0.3, 0.4) is 0 Å². The van der Waals surface area contributed by atoms with Gasteiger partial charge in [0.25, 0.3) is 5.91 Å². The van der Waals surface area contributed by atoms with E-state index >= 15 is 0 Å². The summed E-state index contributed by atoms with van der Waals surface area (Å²) in [4.78, 5) is 16.1. The predicted octanol–water partition coefficient (Wildman–Crippen LogP) is 2.18. The molecule has 0 bridgehead atoms. The van der Waals surface area contributed by atoms with E-state index in [2.05, 4.69) is 10.3 Å². The van der Waals surface area contributed by atoms with Gasteiger partial charge in [0.1, 0.15) is 17.5 Å². The quantitative estimate of drug-likeness (QED) is 0.831. The number of anilines is 1. The highest BCUT2D eigenvalue weighted by Gasteiger charge is 2.26. The van der Waals surface area contributed by atoms with Gasteiger partial charge in [0.2, 0.25) is 0 Å². The lowest BCUT2D eigenvalue weighted by molar-refractivity contribution is 0.0931. The van der Waals surface area contributed by atoms with Crippen LogP contribution in [0.2, 0.25) is 5.15 Å². The van der Waals surface area contributed by atoms with E-state index in [1.165, 1.54) is 12.3 Å². The van der Waals surface area contributed by atoms with Gasteiger partial charge in [-0.1, -0.05) is 29.8 Å². The molecule has 6 heteroatoms. The van der Waals surface area contributed by atoms with E-state index in [4.69, 9.17) is 22.1 Å². The van der Waals surface area contributed by atoms with Crippen molar-refractivity contribution in [2.45, 2.75) is 6.04 Å². The second-order valence-electron chi connectivity index (χ2n) is 4.47. The van der Waals surface area contributed by atoms with Gasteiger partial charge in [-0.05, 0) is 12.1 Å². The summed E-state index contributed by atoms with van der Waals surface area (Å²) >= 11 is 5.79. The van der Waals surface area contributed by atoms with Crippen molar-refractivity contribution in [1.82, 2.24) is 10.3 Å². The van der Waals surface area contributed by atoms with Crippen molar-refractivity contribution in [1.29, 1.82) is 0 Å². The Morgan fingerprint density at radius 3 is 3.10 bits per heavy atom. The molecule has 0 fully saturated rings. The van der Waals surface area contributed by atoms with Crippen LogP contribution in [0.15, 0.2) is 36.5 Å². The van der Waals surface area contributed by atoms with Gasteiger partial charge in [-0.15, -0.1) is 0 Å². The Balaban J connectivity index is 1.82. The zero-order chi connectivity index (χ0) is 14.1. The first-order chi connectivity index (χ1) is 9.65. The van der Waals surface area contributed by atoms with E-state index in [9.17, 15) is 4.79 Å². The number of nitrogens with one attached hydrogen (secondary N) is 1. The molecule has 1 aromatic heterocycles. The molecule has 0 radical (unpaired) electrons. The van der Waals surface area contributed by atoms with Gasteiger partial charge < -0.3 is 15.8 Å². The molecule has 20 heavy (non-hydrogen) atoms. The van der Waals surface area contributed by atoms with Crippen molar-refractivity contribution >= 4 is 23.2 Å². The number of hydrogen-bond donors (Lipinski definition) is 2. The van der Waals surface area contributed by atoms with E-state index < -0.39 is 0 Å². The minimum Gasteiger partial charge on any atom is -0.491 e. The molecular formula is C14H12ClN3O2. The third kappa shape index (κ3) is 2.28. The maximum atomic E-state index is 12.3. The summed E-state index contributed by atoms with van der Waals surface area (Å²) in [6.45, 7) is 0.407. The fourth-order valence-corrected chi connectivity index (χ4v) is 2.31. The van der Waals surface area contributed by atoms with Crippen LogP contribution in [0, 0.1) is 0 Å². The second-order valence-corrected chi connectivity index (χ2v) is 4.86. The minimum atomic E-state index is -0.294. The number of pyridine rings is 1. The molecular weight excluding hydrogens is 278 g/mol. The zero-order valence-electron chi connectivity index (χ0n) is 10.5. The van der Waals surface area contributed by atoms with Gasteiger partial charge in [-0.25, -0.2) is 4.98 Å². The summed E-state index contributed by atoms with van der Waals surface area (Å²) in [5.74, 6) is 0.496. The average Bonchev–Trinajstić information content (AvgIpc) is 2.85. The Morgan fingerprint density at radius 1 is 1.45 bits per heavy atom. The normalized spacial score (nSPS) is 16.4. The van der Waals surface area contributed by atoms with Gasteiger partial charge >= 0.3 is 0 Å². The van der Waals surface area contributed by atoms with Crippen molar-refractivity contribution in [3.05, 3.63) is 52.8 Å². The number of para-hydroxylation sites is 1. The van der Waals surface area contributed by atoms with Gasteiger partial charge in [-0.3, -0.25) is 4.79 Å². The molecule has 1 aliphatic rings. The number of nitrogens with zero attached hydrogens (tertiary/aromatic N) is 1. The summed E-state index contributed by atoms with van der Waals surface area (Å²) in [5, 5.41) is 3.12. The fourth-order valence-electron chi connectivity index (χ4n) is 2.16. The van der Waals surface area contributed by atoms with Crippen molar-refractivity contribution in [2.75, 3.05) is 12.3 Å². The van der Waals surface area contributed by atoms with E-state index in [1.807, 2.05) is 24.3 Å². The molecule has 3 rings (SSSR count). The van der Waals surface area contributed by atoms with Crippen molar-refractivity contribution in [3.8, 4) is 5.75 Å². The van der Waals surface area contributed by atoms with Crippen LogP contribution in [0.4, 0.5) is 5.69 Å². The largest absolute Gasteiger partial charge is 0.491 e. The molecule has 1 unspecified atom stereocenters. The fraction of sp³-hybridized carbons (Fsp3) is 0.143. The molecule has 0 spiro atoms. The van der Waals surface area contributed by atoms with Gasteiger partial charge in [0.05, 0.1) is 23.5 Å². The number of nitrogens with two attached hydrogens (primary N) is 1. The maximum absolute atomic E-state index is 12.3. The number of ether oxygens (including phenoxy) is 1. The van der Waals surface area contributed by atoms with Crippen molar-refractivity contribution in [3.63, 3.8) is 0 Å². The molecule has 0 saturated carbocycles. The van der Waals surface area contributed by atoms with E-state index in [0.29, 0.717) is 17.9 Å². The Hall–Kier alpha value is -2.27. The van der Waals surface area contributed by atoms with Gasteiger partial charge in [0.15, 0.2) is 0 Å². The Bertz CT molecular complexity index is 675. The number of benzene rings is 1. The Kier molecular flexibility index (Phi) is 3.20. The first-order valence-corrected chi connectivity index (χ1v) is 6.46. The lowest BCUT2D eigenvalue weighted by Gasteiger charge is -2.12. The van der Waals surface area contributed by atoms with Crippen LogP contribution in [0.25, 0.3) is 0 Å². The Labute approximate surface area is 120 Å². The molecule has 3 N–H and O–H groups in total. The van der Waals surface area contributed by atoms with E-state index in [-0.39, 0.29) is 17.1 Å². The smallest absolute Gasteiger partial charge is 0.254 e. The van der Waals surface area contributed by atoms with E-state index in [0.717, 1.165) is 11.3 Å². The van der Waals surface area contributed by atoms with E-state index in [1.54, 1.807) is 0 Å². The minimum absolute atomic E-state index is 0.190. The van der Waals surface area contributed by atoms with Gasteiger partial charge in [-0.2, -0.15) is 0 Å². The van der Waals surface area contributed by atoms with Gasteiger partial charge in [0, 0.05) is 5.56 Å². The van der Waals surface area contributed by atoms with Crippen LogP contribution in [-0.4, -0.2) is 17.5 Å². The number of halogens is 1. The number of nitrogen functional groups attached to an aromatic ring is 1. The first kappa shape index (κ1) is 12.7. The molecule has 5 nitrogen and oxygen atoms in total. The number of hydrogen-bond acceptors (Lipinski definition) is 4. The second kappa shape index (κ2) is 5.02. The summed E-state index contributed by atoms with van der Waals surface area (Å²) in [5.41, 5.74) is 7.31. The topological polar surface area (TPSA) is 77.2 Å². The number of aromatic nitrogens is 1. The molecule has 2 heterocycles. The SMILES string of the molecule is Nc1cnc(Cl)cc1C(=O)NC1COc2ccccc21. The summed E-state index contributed by atoms with van der Waals surface area (Å²) in [7, 11) is 0. The monoisotopic (exact) mass is 289 g/mol. The Morgan fingerprint density at radius 2 is 2.25 bits per heavy atom. The number of amides is 1. The lowest BCUT2D eigenvalue weighted by atomic mass is 10.1.